The third-order valence-electron chi connectivity index (χ3n) is 3.08. The standard InChI is InChI=1S/C16H18N2O4S/c1-3-17-23(20,21)18-14-11-13(9-10-15(14)22-2)16(19)12-7-5-4-6-8-12/h4-11,17-18H,3H2,1-2H3. The molecular formula is C16H18N2O4S. The van der Waals surface area contributed by atoms with Gasteiger partial charge < -0.3 is 4.74 Å². The number of carbonyl (C=O) groups excluding carboxylic acids is 1. The maximum Gasteiger partial charge on any atom is 0.299 e. The van der Waals surface area contributed by atoms with Gasteiger partial charge >= 0.3 is 0 Å². The maximum absolute atomic E-state index is 12.5. The van der Waals surface area contributed by atoms with Crippen LogP contribution in [0.3, 0.4) is 0 Å². The highest BCUT2D eigenvalue weighted by Gasteiger charge is 2.16. The summed E-state index contributed by atoms with van der Waals surface area (Å²) in [6, 6.07) is 13.4. The van der Waals surface area contributed by atoms with Gasteiger partial charge in [0.15, 0.2) is 5.78 Å². The zero-order chi connectivity index (χ0) is 16.9. The van der Waals surface area contributed by atoms with Crippen molar-refractivity contribution < 1.29 is 17.9 Å². The molecule has 0 atom stereocenters. The Labute approximate surface area is 135 Å². The molecule has 2 aromatic rings. The fraction of sp³-hybridized carbons (Fsp3) is 0.188. The lowest BCUT2D eigenvalue weighted by atomic mass is 10.0. The van der Waals surface area contributed by atoms with Gasteiger partial charge in [-0.25, -0.2) is 0 Å². The SMILES string of the molecule is CCNS(=O)(=O)Nc1cc(C(=O)c2ccccc2)ccc1OC. The van der Waals surface area contributed by atoms with E-state index in [-0.39, 0.29) is 18.0 Å². The molecule has 0 unspecified atom stereocenters. The van der Waals surface area contributed by atoms with Crippen LogP contribution in [0.2, 0.25) is 0 Å². The first-order valence-electron chi connectivity index (χ1n) is 7.02. The molecule has 0 bridgehead atoms. The van der Waals surface area contributed by atoms with Crippen LogP contribution in [0.15, 0.2) is 48.5 Å². The normalized spacial score (nSPS) is 11.0. The summed E-state index contributed by atoms with van der Waals surface area (Å²) in [6.45, 7) is 1.92. The average molecular weight is 334 g/mol. The van der Waals surface area contributed by atoms with E-state index in [2.05, 4.69) is 9.44 Å². The van der Waals surface area contributed by atoms with Crippen LogP contribution >= 0.6 is 0 Å². The topological polar surface area (TPSA) is 84.5 Å². The van der Waals surface area contributed by atoms with Gasteiger partial charge in [-0.15, -0.1) is 0 Å². The molecule has 0 aliphatic heterocycles. The van der Waals surface area contributed by atoms with Crippen molar-refractivity contribution in [2.45, 2.75) is 6.92 Å². The summed E-state index contributed by atoms with van der Waals surface area (Å²) >= 11 is 0. The third-order valence-corrected chi connectivity index (χ3v) is 4.23. The number of ether oxygens (including phenoxy) is 1. The predicted molar refractivity (Wildman–Crippen MR) is 89.1 cm³/mol. The molecule has 0 saturated carbocycles. The molecule has 0 heterocycles. The fourth-order valence-corrected chi connectivity index (χ4v) is 2.96. The lowest BCUT2D eigenvalue weighted by Gasteiger charge is -2.13. The Morgan fingerprint density at radius 2 is 1.78 bits per heavy atom. The number of hydrogen-bond donors (Lipinski definition) is 2. The van der Waals surface area contributed by atoms with E-state index in [0.29, 0.717) is 16.9 Å². The largest absolute Gasteiger partial charge is 0.495 e. The molecule has 122 valence electrons. The van der Waals surface area contributed by atoms with E-state index < -0.39 is 10.2 Å². The van der Waals surface area contributed by atoms with E-state index in [0.717, 1.165) is 0 Å². The first-order chi connectivity index (χ1) is 11.0. The third kappa shape index (κ3) is 4.30. The van der Waals surface area contributed by atoms with E-state index in [1.165, 1.54) is 13.2 Å². The van der Waals surface area contributed by atoms with Gasteiger partial charge in [0.05, 0.1) is 12.8 Å². The Morgan fingerprint density at radius 3 is 2.39 bits per heavy atom. The minimum absolute atomic E-state index is 0.197. The summed E-state index contributed by atoms with van der Waals surface area (Å²) in [4.78, 5) is 12.5. The molecule has 0 aromatic heterocycles. The fourth-order valence-electron chi connectivity index (χ4n) is 2.06. The number of methoxy groups -OCH3 is 1. The summed E-state index contributed by atoms with van der Waals surface area (Å²) in [6.07, 6.45) is 0. The van der Waals surface area contributed by atoms with Crippen molar-refractivity contribution in [1.29, 1.82) is 0 Å². The molecule has 0 radical (unpaired) electrons. The monoisotopic (exact) mass is 334 g/mol. The van der Waals surface area contributed by atoms with Crippen LogP contribution in [0, 0.1) is 0 Å². The van der Waals surface area contributed by atoms with Crippen molar-refractivity contribution in [1.82, 2.24) is 4.72 Å². The minimum atomic E-state index is -3.72. The van der Waals surface area contributed by atoms with Crippen LogP contribution in [0.4, 0.5) is 5.69 Å². The predicted octanol–water partition coefficient (Wildman–Crippen LogP) is 2.19. The van der Waals surface area contributed by atoms with Gasteiger partial charge in [-0.3, -0.25) is 9.52 Å². The van der Waals surface area contributed by atoms with Crippen LogP contribution in [0.25, 0.3) is 0 Å². The van der Waals surface area contributed by atoms with Gasteiger partial charge in [0.1, 0.15) is 5.75 Å². The van der Waals surface area contributed by atoms with Crippen molar-refractivity contribution in [3.63, 3.8) is 0 Å². The number of anilines is 1. The number of rotatable bonds is 7. The molecule has 0 amide bonds. The van der Waals surface area contributed by atoms with Crippen LogP contribution in [0.5, 0.6) is 5.75 Å². The maximum atomic E-state index is 12.5. The molecule has 0 fully saturated rings. The second-order valence-corrected chi connectivity index (χ2v) is 6.21. The zero-order valence-corrected chi connectivity index (χ0v) is 13.7. The molecule has 2 N–H and O–H groups in total. The van der Waals surface area contributed by atoms with E-state index in [4.69, 9.17) is 4.74 Å². The number of ketones is 1. The lowest BCUT2D eigenvalue weighted by molar-refractivity contribution is 0.103. The van der Waals surface area contributed by atoms with Crippen LogP contribution in [-0.4, -0.2) is 27.9 Å². The molecule has 7 heteroatoms. The highest BCUT2D eigenvalue weighted by Crippen LogP contribution is 2.27. The van der Waals surface area contributed by atoms with Gasteiger partial charge in [0, 0.05) is 17.7 Å². The van der Waals surface area contributed by atoms with Gasteiger partial charge in [-0.2, -0.15) is 13.1 Å². The summed E-state index contributed by atoms with van der Waals surface area (Å²) < 4.78 is 33.5. The molecule has 0 saturated heterocycles. The first-order valence-corrected chi connectivity index (χ1v) is 8.50. The van der Waals surface area contributed by atoms with Crippen molar-refractivity contribution in [3.05, 3.63) is 59.7 Å². The van der Waals surface area contributed by atoms with Crippen LogP contribution < -0.4 is 14.2 Å². The zero-order valence-electron chi connectivity index (χ0n) is 12.9. The lowest BCUT2D eigenvalue weighted by Crippen LogP contribution is -2.30. The van der Waals surface area contributed by atoms with Gasteiger partial charge in [0.2, 0.25) is 0 Å². The number of carbonyl (C=O) groups is 1. The molecule has 2 rings (SSSR count). The molecule has 23 heavy (non-hydrogen) atoms. The molecule has 0 aliphatic carbocycles. The van der Waals surface area contributed by atoms with Crippen LogP contribution in [-0.2, 0) is 10.2 Å². The van der Waals surface area contributed by atoms with Crippen LogP contribution in [0.1, 0.15) is 22.8 Å². The Bertz CT molecular complexity index is 789. The van der Waals surface area contributed by atoms with Crippen molar-refractivity contribution in [2.24, 2.45) is 0 Å². The highest BCUT2D eigenvalue weighted by molar-refractivity contribution is 7.90. The second-order valence-electron chi connectivity index (χ2n) is 4.71. The molecular weight excluding hydrogens is 316 g/mol. The summed E-state index contributed by atoms with van der Waals surface area (Å²) in [5, 5.41) is 0. The Hall–Kier alpha value is -2.38. The summed E-state index contributed by atoms with van der Waals surface area (Å²) in [7, 11) is -2.29. The van der Waals surface area contributed by atoms with Gasteiger partial charge in [0.25, 0.3) is 10.2 Å². The summed E-state index contributed by atoms with van der Waals surface area (Å²) in [5.74, 6) is 0.133. The smallest absolute Gasteiger partial charge is 0.299 e. The number of hydrogen-bond acceptors (Lipinski definition) is 4. The molecule has 0 aliphatic rings. The summed E-state index contributed by atoms with van der Waals surface area (Å²) in [5.41, 5.74) is 1.10. The second kappa shape index (κ2) is 7.26. The van der Waals surface area contributed by atoms with E-state index in [9.17, 15) is 13.2 Å². The minimum Gasteiger partial charge on any atom is -0.495 e. The molecule has 2 aromatic carbocycles. The van der Waals surface area contributed by atoms with Crippen molar-refractivity contribution >= 4 is 21.7 Å². The first kappa shape index (κ1) is 17.0. The van der Waals surface area contributed by atoms with Gasteiger partial charge in [-0.05, 0) is 18.2 Å². The highest BCUT2D eigenvalue weighted by atomic mass is 32.2. The van der Waals surface area contributed by atoms with Gasteiger partial charge in [-0.1, -0.05) is 37.3 Å². The average Bonchev–Trinajstić information content (AvgIpc) is 2.54. The van der Waals surface area contributed by atoms with Crippen molar-refractivity contribution in [3.8, 4) is 5.75 Å². The quantitative estimate of drug-likeness (QED) is 0.760. The van der Waals surface area contributed by atoms with E-state index in [1.54, 1.807) is 43.3 Å². The van der Waals surface area contributed by atoms with E-state index >= 15 is 0 Å². The Kier molecular flexibility index (Phi) is 5.36. The molecule has 6 nitrogen and oxygen atoms in total. The Morgan fingerprint density at radius 1 is 1.09 bits per heavy atom. The number of benzene rings is 2. The number of nitrogens with one attached hydrogen (secondary N) is 2. The van der Waals surface area contributed by atoms with E-state index in [1.807, 2.05) is 6.07 Å². The molecule has 0 spiro atoms. The van der Waals surface area contributed by atoms with Crippen molar-refractivity contribution in [2.75, 3.05) is 18.4 Å². The Balaban J connectivity index is 2.37.